The summed E-state index contributed by atoms with van der Waals surface area (Å²) in [6.07, 6.45) is 0.0489. The van der Waals surface area contributed by atoms with E-state index in [1.165, 1.54) is 0 Å². The molecule has 2 aromatic rings. The number of hydrogen-bond donors (Lipinski definition) is 0. The average molecular weight is 284 g/mol. The second-order valence-electron chi connectivity index (χ2n) is 5.43. The first-order chi connectivity index (χ1) is 10.0. The topological polar surface area (TPSA) is 35.5 Å². The minimum absolute atomic E-state index is 0.501. The second-order valence-corrected chi connectivity index (χ2v) is 5.43. The molecule has 0 spiro atoms. The highest BCUT2D eigenvalue weighted by atomic mass is 16.7. The van der Waals surface area contributed by atoms with Gasteiger partial charge >= 0.3 is 6.16 Å². The van der Waals surface area contributed by atoms with Crippen LogP contribution in [0, 0.1) is 0 Å². The number of carbonyl (C=O) groups is 1. The molecular formula is C18H20O3. The van der Waals surface area contributed by atoms with E-state index < -0.39 is 11.8 Å². The molecule has 2 aromatic carbocycles. The van der Waals surface area contributed by atoms with Crippen LogP contribution in [0.4, 0.5) is 4.79 Å². The van der Waals surface area contributed by atoms with E-state index in [9.17, 15) is 4.79 Å². The number of benzene rings is 2. The Hall–Kier alpha value is -2.29. The summed E-state index contributed by atoms with van der Waals surface area (Å²) in [4.78, 5) is 11.9. The van der Waals surface area contributed by atoms with Crippen molar-refractivity contribution in [2.45, 2.75) is 32.8 Å². The maximum Gasteiger partial charge on any atom is 0.514 e. The van der Waals surface area contributed by atoms with Crippen molar-refractivity contribution in [3.8, 4) is 16.9 Å². The third-order valence-electron chi connectivity index (χ3n) is 3.38. The van der Waals surface area contributed by atoms with Gasteiger partial charge < -0.3 is 9.47 Å². The van der Waals surface area contributed by atoms with E-state index in [2.05, 4.69) is 0 Å². The van der Waals surface area contributed by atoms with Crippen molar-refractivity contribution in [3.63, 3.8) is 0 Å². The number of hydrogen-bond acceptors (Lipinski definition) is 3. The van der Waals surface area contributed by atoms with Gasteiger partial charge in [-0.25, -0.2) is 4.79 Å². The molecule has 21 heavy (non-hydrogen) atoms. The van der Waals surface area contributed by atoms with Crippen LogP contribution in [0.3, 0.4) is 0 Å². The van der Waals surface area contributed by atoms with Crippen LogP contribution < -0.4 is 4.74 Å². The highest BCUT2D eigenvalue weighted by molar-refractivity contribution is 5.74. The van der Waals surface area contributed by atoms with E-state index in [-0.39, 0.29) is 0 Å². The summed E-state index contributed by atoms with van der Waals surface area (Å²) in [6.45, 7) is 5.68. The van der Waals surface area contributed by atoms with Crippen LogP contribution >= 0.6 is 0 Å². The van der Waals surface area contributed by atoms with Crippen LogP contribution in [0.15, 0.2) is 54.6 Å². The summed E-state index contributed by atoms with van der Waals surface area (Å²) < 4.78 is 10.7. The van der Waals surface area contributed by atoms with Crippen LogP contribution in [-0.4, -0.2) is 11.8 Å². The lowest BCUT2D eigenvalue weighted by Crippen LogP contribution is -2.28. The molecule has 0 heterocycles. The molecule has 0 aromatic heterocycles. The first-order valence-electron chi connectivity index (χ1n) is 7.07. The molecule has 0 amide bonds. The van der Waals surface area contributed by atoms with Gasteiger partial charge in [0.25, 0.3) is 0 Å². The molecule has 0 aliphatic carbocycles. The van der Waals surface area contributed by atoms with Gasteiger partial charge in [-0.3, -0.25) is 0 Å². The van der Waals surface area contributed by atoms with Crippen molar-refractivity contribution >= 4 is 6.16 Å². The van der Waals surface area contributed by atoms with E-state index in [1.807, 2.05) is 69.3 Å². The van der Waals surface area contributed by atoms with E-state index in [0.29, 0.717) is 5.75 Å². The van der Waals surface area contributed by atoms with Gasteiger partial charge in [0, 0.05) is 5.56 Å². The molecule has 0 aliphatic rings. The molecule has 0 N–H and O–H groups in total. The summed E-state index contributed by atoms with van der Waals surface area (Å²) >= 11 is 0. The highest BCUT2D eigenvalue weighted by Crippen LogP contribution is 2.30. The number of rotatable bonds is 4. The Morgan fingerprint density at radius 1 is 1.00 bits per heavy atom. The minimum atomic E-state index is -0.676. The Bertz CT molecular complexity index is 603. The van der Waals surface area contributed by atoms with Crippen LogP contribution in [0.25, 0.3) is 11.1 Å². The zero-order valence-corrected chi connectivity index (χ0v) is 12.6. The lowest BCUT2D eigenvalue weighted by molar-refractivity contribution is 0.00716. The fraction of sp³-hybridized carbons (Fsp3) is 0.278. The second kappa shape index (κ2) is 6.44. The van der Waals surface area contributed by atoms with Gasteiger partial charge in [-0.15, -0.1) is 0 Å². The zero-order valence-electron chi connectivity index (χ0n) is 12.6. The zero-order chi connectivity index (χ0) is 15.3. The van der Waals surface area contributed by atoms with Crippen molar-refractivity contribution < 1.29 is 14.3 Å². The largest absolute Gasteiger partial charge is 0.514 e. The van der Waals surface area contributed by atoms with E-state index in [0.717, 1.165) is 17.5 Å². The van der Waals surface area contributed by atoms with Gasteiger partial charge in [0.2, 0.25) is 0 Å². The maximum atomic E-state index is 11.9. The predicted molar refractivity (Wildman–Crippen MR) is 83.4 cm³/mol. The summed E-state index contributed by atoms with van der Waals surface area (Å²) in [6, 6.07) is 17.2. The summed E-state index contributed by atoms with van der Waals surface area (Å²) in [5.74, 6) is 0.501. The number of ether oxygens (including phenoxy) is 2. The van der Waals surface area contributed by atoms with Gasteiger partial charge in [-0.2, -0.15) is 0 Å². The van der Waals surface area contributed by atoms with Gasteiger partial charge in [0.1, 0.15) is 11.4 Å². The Labute approximate surface area is 125 Å². The predicted octanol–water partition coefficient (Wildman–Crippen LogP) is 5.06. The lowest BCUT2D eigenvalue weighted by atomic mass is 10.1. The molecular weight excluding hydrogens is 264 g/mol. The minimum Gasteiger partial charge on any atom is -0.428 e. The molecule has 0 bridgehead atoms. The molecule has 0 saturated heterocycles. The third kappa shape index (κ3) is 4.09. The SMILES string of the molecule is CCC(C)(C)OC(=O)Oc1ccccc1-c1ccccc1. The number of para-hydroxylation sites is 1. The van der Waals surface area contributed by atoms with Crippen molar-refractivity contribution in [2.75, 3.05) is 0 Å². The molecule has 3 heteroatoms. The van der Waals surface area contributed by atoms with Crippen LogP contribution in [0.2, 0.25) is 0 Å². The van der Waals surface area contributed by atoms with Crippen molar-refractivity contribution in [1.29, 1.82) is 0 Å². The fourth-order valence-electron chi connectivity index (χ4n) is 1.82. The Morgan fingerprint density at radius 2 is 1.62 bits per heavy atom. The van der Waals surface area contributed by atoms with Crippen molar-refractivity contribution in [2.24, 2.45) is 0 Å². The van der Waals surface area contributed by atoms with E-state index >= 15 is 0 Å². The molecule has 0 aliphatic heterocycles. The average Bonchev–Trinajstić information content (AvgIpc) is 2.48. The monoisotopic (exact) mass is 284 g/mol. The van der Waals surface area contributed by atoms with Gasteiger partial charge in [0.15, 0.2) is 0 Å². The third-order valence-corrected chi connectivity index (χ3v) is 3.38. The molecule has 0 saturated carbocycles. The Kier molecular flexibility index (Phi) is 4.63. The van der Waals surface area contributed by atoms with Crippen LogP contribution in [0.5, 0.6) is 5.75 Å². The lowest BCUT2D eigenvalue weighted by Gasteiger charge is -2.22. The van der Waals surface area contributed by atoms with Crippen LogP contribution in [0.1, 0.15) is 27.2 Å². The molecule has 0 atom stereocenters. The summed E-state index contributed by atoms with van der Waals surface area (Å²) in [5, 5.41) is 0. The van der Waals surface area contributed by atoms with Gasteiger partial charge in [0.05, 0.1) is 0 Å². The maximum absolute atomic E-state index is 11.9. The molecule has 3 nitrogen and oxygen atoms in total. The molecule has 110 valence electrons. The smallest absolute Gasteiger partial charge is 0.428 e. The van der Waals surface area contributed by atoms with Crippen molar-refractivity contribution in [3.05, 3.63) is 54.6 Å². The molecule has 2 rings (SSSR count). The van der Waals surface area contributed by atoms with E-state index in [4.69, 9.17) is 9.47 Å². The highest BCUT2D eigenvalue weighted by Gasteiger charge is 2.22. The summed E-state index contributed by atoms with van der Waals surface area (Å²) in [5.41, 5.74) is 1.33. The summed E-state index contributed by atoms with van der Waals surface area (Å²) in [7, 11) is 0. The van der Waals surface area contributed by atoms with Gasteiger partial charge in [-0.05, 0) is 31.9 Å². The van der Waals surface area contributed by atoms with Crippen LogP contribution in [-0.2, 0) is 4.74 Å². The Balaban J connectivity index is 2.20. The van der Waals surface area contributed by atoms with E-state index in [1.54, 1.807) is 6.07 Å². The van der Waals surface area contributed by atoms with Crippen molar-refractivity contribution in [1.82, 2.24) is 0 Å². The standard InChI is InChI=1S/C18H20O3/c1-4-18(2,3)21-17(19)20-16-13-9-8-12-15(16)14-10-6-5-7-11-14/h5-13H,4H2,1-3H3. The Morgan fingerprint density at radius 3 is 2.29 bits per heavy atom. The molecule has 0 unspecified atom stereocenters. The quantitative estimate of drug-likeness (QED) is 0.581. The molecule has 0 fully saturated rings. The first-order valence-corrected chi connectivity index (χ1v) is 7.07. The molecule has 0 radical (unpaired) electrons. The normalized spacial score (nSPS) is 11.0. The number of carbonyl (C=O) groups excluding carboxylic acids is 1. The first kappa shape index (κ1) is 15.1. The van der Waals surface area contributed by atoms with Gasteiger partial charge in [-0.1, -0.05) is 55.5 Å². The fourth-order valence-corrected chi connectivity index (χ4v) is 1.82.